The molecule has 0 bridgehead atoms. The summed E-state index contributed by atoms with van der Waals surface area (Å²) in [6, 6.07) is 5.98. The van der Waals surface area contributed by atoms with Gasteiger partial charge in [-0.25, -0.2) is 4.98 Å². The Labute approximate surface area is 186 Å². The Hall–Kier alpha value is -2.88. The van der Waals surface area contributed by atoms with Gasteiger partial charge >= 0.3 is 6.36 Å². The maximum Gasteiger partial charge on any atom is 0.573 e. The molecule has 4 nitrogen and oxygen atoms in total. The van der Waals surface area contributed by atoms with Gasteiger partial charge in [0.1, 0.15) is 5.75 Å². The van der Waals surface area contributed by atoms with E-state index in [0.29, 0.717) is 17.6 Å². The van der Waals surface area contributed by atoms with Crippen LogP contribution in [0.2, 0.25) is 0 Å². The number of nitrogens with one attached hydrogen (secondary N) is 1. The molecule has 2 aliphatic carbocycles. The number of benzene rings is 1. The SMILES string of the molecule is C#CC1C=c2nc(Nc3ccc(OC(F)(F)F)cc3)n([C@@H]3C[C@@H](C)CC(C)(C)C3)c2=CC1. The maximum atomic E-state index is 12.5. The van der Waals surface area contributed by atoms with Gasteiger partial charge in [-0.05, 0) is 67.4 Å². The molecule has 7 heteroatoms. The van der Waals surface area contributed by atoms with Gasteiger partial charge in [0.15, 0.2) is 0 Å². The summed E-state index contributed by atoms with van der Waals surface area (Å²) in [7, 11) is 0. The molecular formula is C25H28F3N3O. The van der Waals surface area contributed by atoms with Crippen LogP contribution in [0, 0.1) is 29.6 Å². The first-order chi connectivity index (χ1) is 15.0. The molecule has 1 unspecified atom stereocenters. The predicted molar refractivity (Wildman–Crippen MR) is 120 cm³/mol. The molecule has 0 aliphatic heterocycles. The Morgan fingerprint density at radius 1 is 1.22 bits per heavy atom. The van der Waals surface area contributed by atoms with Gasteiger partial charge in [0.2, 0.25) is 5.95 Å². The van der Waals surface area contributed by atoms with Crippen molar-refractivity contribution in [3.8, 4) is 18.1 Å². The lowest BCUT2D eigenvalue weighted by atomic mass is 9.70. The van der Waals surface area contributed by atoms with Gasteiger partial charge in [-0.3, -0.25) is 0 Å². The minimum absolute atomic E-state index is 0.0132. The Balaban J connectivity index is 1.71. The van der Waals surface area contributed by atoms with Gasteiger partial charge in [-0.1, -0.05) is 32.8 Å². The van der Waals surface area contributed by atoms with Crippen molar-refractivity contribution in [3.63, 3.8) is 0 Å². The second-order valence-corrected chi connectivity index (χ2v) is 9.72. The van der Waals surface area contributed by atoms with Crippen molar-refractivity contribution in [2.24, 2.45) is 17.3 Å². The number of halogens is 3. The highest BCUT2D eigenvalue weighted by atomic mass is 19.4. The first-order valence-electron chi connectivity index (χ1n) is 10.9. The summed E-state index contributed by atoms with van der Waals surface area (Å²) in [5.74, 6) is 3.80. The number of aromatic nitrogens is 2. The van der Waals surface area contributed by atoms with E-state index < -0.39 is 6.36 Å². The van der Waals surface area contributed by atoms with Crippen LogP contribution in [0.15, 0.2) is 24.3 Å². The van der Waals surface area contributed by atoms with Crippen molar-refractivity contribution >= 4 is 23.8 Å². The van der Waals surface area contributed by atoms with E-state index in [9.17, 15) is 13.2 Å². The maximum absolute atomic E-state index is 12.5. The molecule has 170 valence electrons. The summed E-state index contributed by atoms with van der Waals surface area (Å²) >= 11 is 0. The molecule has 1 N–H and O–H groups in total. The summed E-state index contributed by atoms with van der Waals surface area (Å²) < 4.78 is 43.6. The zero-order chi connectivity index (χ0) is 23.1. The number of hydrogen-bond donors (Lipinski definition) is 1. The molecule has 3 atom stereocenters. The van der Waals surface area contributed by atoms with Crippen LogP contribution in [-0.2, 0) is 0 Å². The van der Waals surface area contributed by atoms with E-state index in [0.717, 1.165) is 30.0 Å². The van der Waals surface area contributed by atoms with Gasteiger partial charge < -0.3 is 14.6 Å². The average Bonchev–Trinajstić information content (AvgIpc) is 3.03. The molecule has 1 fully saturated rings. The second-order valence-electron chi connectivity index (χ2n) is 9.72. The van der Waals surface area contributed by atoms with Crippen molar-refractivity contribution in [1.82, 2.24) is 9.55 Å². The number of fused-ring (bicyclic) bond motifs is 1. The van der Waals surface area contributed by atoms with Crippen LogP contribution < -0.4 is 20.8 Å². The summed E-state index contributed by atoms with van der Waals surface area (Å²) in [6.07, 6.45) is 9.13. The van der Waals surface area contributed by atoms with Crippen LogP contribution in [0.3, 0.4) is 0 Å². The zero-order valence-electron chi connectivity index (χ0n) is 18.5. The molecule has 1 aromatic heterocycles. The normalized spacial score (nSPS) is 24.5. The molecular weight excluding hydrogens is 415 g/mol. The summed E-state index contributed by atoms with van der Waals surface area (Å²) in [4.78, 5) is 4.83. The van der Waals surface area contributed by atoms with E-state index >= 15 is 0 Å². The monoisotopic (exact) mass is 443 g/mol. The summed E-state index contributed by atoms with van der Waals surface area (Å²) in [5, 5.41) is 5.23. The number of alkyl halides is 3. The molecule has 0 amide bonds. The van der Waals surface area contributed by atoms with Crippen molar-refractivity contribution in [3.05, 3.63) is 35.0 Å². The smallest absolute Gasteiger partial charge is 0.406 e. The zero-order valence-corrected chi connectivity index (χ0v) is 18.5. The molecule has 0 spiro atoms. The lowest BCUT2D eigenvalue weighted by Crippen LogP contribution is -2.39. The lowest BCUT2D eigenvalue weighted by Gasteiger charge is -2.40. The van der Waals surface area contributed by atoms with Gasteiger partial charge in [0, 0.05) is 17.6 Å². The topological polar surface area (TPSA) is 39.1 Å². The third kappa shape index (κ3) is 4.95. The van der Waals surface area contributed by atoms with Crippen molar-refractivity contribution in [2.45, 2.75) is 58.9 Å². The minimum Gasteiger partial charge on any atom is -0.406 e. The van der Waals surface area contributed by atoms with E-state index in [2.05, 4.69) is 47.4 Å². The quantitative estimate of drug-likeness (QED) is 0.666. The second kappa shape index (κ2) is 8.23. The summed E-state index contributed by atoms with van der Waals surface area (Å²) in [6.45, 7) is 6.89. The fraction of sp³-hybridized carbons (Fsp3) is 0.480. The number of hydrogen-bond acceptors (Lipinski definition) is 3. The molecule has 2 aromatic rings. The van der Waals surface area contributed by atoms with Crippen LogP contribution >= 0.6 is 0 Å². The Bertz CT molecular complexity index is 1140. The van der Waals surface area contributed by atoms with E-state index in [1.165, 1.54) is 18.6 Å². The van der Waals surface area contributed by atoms with Crippen molar-refractivity contribution in [2.75, 3.05) is 5.32 Å². The molecule has 2 aliphatic rings. The highest BCUT2D eigenvalue weighted by Crippen LogP contribution is 2.44. The number of terminal acetylenes is 1. The molecule has 1 aromatic carbocycles. The van der Waals surface area contributed by atoms with E-state index in [1.807, 2.05) is 6.08 Å². The number of nitrogens with zero attached hydrogens (tertiary/aromatic N) is 2. The number of anilines is 2. The van der Waals surface area contributed by atoms with E-state index in [1.54, 1.807) is 12.1 Å². The van der Waals surface area contributed by atoms with Gasteiger partial charge in [0.25, 0.3) is 0 Å². The highest BCUT2D eigenvalue weighted by Gasteiger charge is 2.35. The van der Waals surface area contributed by atoms with Gasteiger partial charge in [0.05, 0.1) is 10.7 Å². The minimum atomic E-state index is -4.71. The average molecular weight is 444 g/mol. The van der Waals surface area contributed by atoms with Crippen molar-refractivity contribution < 1.29 is 17.9 Å². The third-order valence-electron chi connectivity index (χ3n) is 6.19. The fourth-order valence-corrected chi connectivity index (χ4v) is 5.22. The first kappa shape index (κ1) is 22.3. The van der Waals surface area contributed by atoms with Gasteiger partial charge in [-0.15, -0.1) is 19.6 Å². The van der Waals surface area contributed by atoms with Crippen LogP contribution in [0.5, 0.6) is 5.75 Å². The molecule has 1 saturated carbocycles. The third-order valence-corrected chi connectivity index (χ3v) is 6.19. The van der Waals surface area contributed by atoms with Gasteiger partial charge in [-0.2, -0.15) is 0 Å². The van der Waals surface area contributed by atoms with Crippen molar-refractivity contribution in [1.29, 1.82) is 0 Å². The fourth-order valence-electron chi connectivity index (χ4n) is 5.22. The molecule has 1 heterocycles. The Morgan fingerprint density at radius 2 is 1.94 bits per heavy atom. The van der Waals surface area contributed by atoms with Crippen LogP contribution in [0.1, 0.15) is 52.5 Å². The molecule has 0 radical (unpaired) electrons. The standard InChI is InChI=1S/C25H28F3N3O/c1-5-17-6-11-22-21(13-17)30-23(31(22)19-12-16(2)14-24(3,4)15-19)29-18-7-9-20(10-8-18)32-25(26,27)28/h1,7-11,13,16-17,19H,6,12,14-15H2,2-4H3,(H,29,30)/t16-,17?,19-/m1/s1. The van der Waals surface area contributed by atoms with Crippen LogP contribution in [-0.4, -0.2) is 15.9 Å². The van der Waals surface area contributed by atoms with E-state index in [-0.39, 0.29) is 23.1 Å². The van der Waals surface area contributed by atoms with Crippen LogP contribution in [0.4, 0.5) is 24.8 Å². The largest absolute Gasteiger partial charge is 0.573 e. The molecule has 0 saturated heterocycles. The number of rotatable bonds is 4. The number of ether oxygens (including phenoxy) is 1. The molecule has 32 heavy (non-hydrogen) atoms. The first-order valence-corrected chi connectivity index (χ1v) is 10.9. The van der Waals surface area contributed by atoms with Crippen LogP contribution in [0.25, 0.3) is 12.2 Å². The lowest BCUT2D eigenvalue weighted by molar-refractivity contribution is -0.274. The Kier molecular flexibility index (Phi) is 5.74. The summed E-state index contributed by atoms with van der Waals surface area (Å²) in [5.41, 5.74) is 0.854. The Morgan fingerprint density at radius 3 is 2.56 bits per heavy atom. The highest BCUT2D eigenvalue weighted by molar-refractivity contribution is 5.56. The molecule has 4 rings (SSSR count). The predicted octanol–water partition coefficient (Wildman–Crippen LogP) is 5.13. The number of imidazole rings is 1. The van der Waals surface area contributed by atoms with E-state index in [4.69, 9.17) is 11.4 Å².